The Morgan fingerprint density at radius 3 is 2.36 bits per heavy atom. The molecule has 1 N–H and O–H groups in total. The number of nitrogens with zero attached hydrogens (tertiary/aromatic N) is 1. The third-order valence-electron chi connectivity index (χ3n) is 5.63. The minimum absolute atomic E-state index is 0.100. The van der Waals surface area contributed by atoms with E-state index < -0.39 is 27.5 Å². The number of halogens is 4. The van der Waals surface area contributed by atoms with Gasteiger partial charge in [-0.1, -0.05) is 62.7 Å². The maximum atomic E-state index is 14.1. The van der Waals surface area contributed by atoms with Gasteiger partial charge in [-0.2, -0.15) is 17.9 Å². The zero-order valence-corrected chi connectivity index (χ0v) is 20.2. The van der Waals surface area contributed by atoms with E-state index in [1.165, 1.54) is 6.20 Å². The molecule has 33 heavy (non-hydrogen) atoms. The lowest BCUT2D eigenvalue weighted by Gasteiger charge is -2.22. The lowest BCUT2D eigenvalue weighted by atomic mass is 9.96. The molecule has 1 fully saturated rings. The van der Waals surface area contributed by atoms with E-state index in [2.05, 4.69) is 0 Å². The van der Waals surface area contributed by atoms with Crippen LogP contribution in [-0.4, -0.2) is 24.4 Å². The molecule has 0 bridgehead atoms. The molecule has 2 aromatic carbocycles. The molecule has 0 aliphatic heterocycles. The molecule has 1 heterocycles. The van der Waals surface area contributed by atoms with Crippen molar-refractivity contribution in [3.8, 4) is 11.1 Å². The fourth-order valence-corrected chi connectivity index (χ4v) is 5.78. The van der Waals surface area contributed by atoms with Crippen molar-refractivity contribution in [2.45, 2.75) is 57.6 Å². The minimum atomic E-state index is -4.79. The average Bonchev–Trinajstić information content (AvgIpc) is 3.50. The summed E-state index contributed by atoms with van der Waals surface area (Å²) < 4.78 is 71.0. The van der Waals surface area contributed by atoms with Gasteiger partial charge >= 0.3 is 6.18 Å². The Morgan fingerprint density at radius 1 is 1.12 bits per heavy atom. The van der Waals surface area contributed by atoms with Crippen LogP contribution in [0.2, 0.25) is 5.02 Å². The lowest BCUT2D eigenvalue weighted by molar-refractivity contribution is -0.152. The molecule has 1 aromatic heterocycles. The lowest BCUT2D eigenvalue weighted by Crippen LogP contribution is -2.39. The summed E-state index contributed by atoms with van der Waals surface area (Å²) in [4.78, 5) is 0. The number of hydrogen-bond acceptors (Lipinski definition) is 2. The Bertz CT molecular complexity index is 1290. The molecule has 3 aromatic rings. The quantitative estimate of drug-likeness (QED) is 0.411. The zero-order valence-electron chi connectivity index (χ0n) is 18.6. The van der Waals surface area contributed by atoms with Crippen LogP contribution >= 0.6 is 11.6 Å². The van der Waals surface area contributed by atoms with Crippen molar-refractivity contribution in [1.82, 2.24) is 9.29 Å². The van der Waals surface area contributed by atoms with Crippen molar-refractivity contribution in [2.24, 2.45) is 5.41 Å². The van der Waals surface area contributed by atoms with Gasteiger partial charge in [-0.25, -0.2) is 8.42 Å². The first-order valence-corrected chi connectivity index (χ1v) is 12.6. The monoisotopic (exact) mass is 498 g/mol. The number of benzene rings is 2. The summed E-state index contributed by atoms with van der Waals surface area (Å²) in [7, 11) is -4.07. The topological polar surface area (TPSA) is 51.1 Å². The van der Waals surface area contributed by atoms with E-state index in [0.717, 1.165) is 11.1 Å². The summed E-state index contributed by atoms with van der Waals surface area (Å²) >= 11 is 6.35. The number of alkyl halides is 3. The van der Waals surface area contributed by atoms with Gasteiger partial charge in [0.25, 0.3) is 0 Å². The van der Waals surface area contributed by atoms with Gasteiger partial charge in [0.05, 0.1) is 5.25 Å². The van der Waals surface area contributed by atoms with Crippen LogP contribution in [0.5, 0.6) is 0 Å². The van der Waals surface area contributed by atoms with Gasteiger partial charge in [0.2, 0.25) is 10.0 Å². The fraction of sp³-hybridized carbons (Fsp3) is 0.417. The van der Waals surface area contributed by atoms with Gasteiger partial charge in [-0.3, -0.25) is 0 Å². The van der Waals surface area contributed by atoms with Gasteiger partial charge in [-0.05, 0) is 36.0 Å². The highest BCUT2D eigenvalue weighted by molar-refractivity contribution is 7.90. The second-order valence-corrected chi connectivity index (χ2v) is 12.2. The number of sulfonamides is 1. The third-order valence-corrected chi connectivity index (χ3v) is 7.87. The Morgan fingerprint density at radius 2 is 1.79 bits per heavy atom. The van der Waals surface area contributed by atoms with E-state index in [1.807, 2.05) is 49.8 Å². The molecule has 0 saturated heterocycles. The van der Waals surface area contributed by atoms with Crippen molar-refractivity contribution >= 4 is 32.5 Å². The Balaban J connectivity index is 1.89. The molecule has 1 aliphatic carbocycles. The molecule has 0 amide bonds. The van der Waals surface area contributed by atoms with Crippen molar-refractivity contribution in [3.05, 3.63) is 59.2 Å². The molecule has 0 spiro atoms. The maximum absolute atomic E-state index is 14.1. The van der Waals surface area contributed by atoms with E-state index >= 15 is 0 Å². The van der Waals surface area contributed by atoms with Gasteiger partial charge in [0, 0.05) is 39.8 Å². The SMILES string of the molecule is CC(C)(C)Cn1cc(C(NS(=O)(=O)C2CC2)C(F)(F)F)c2ccc(-c3ccccc3Cl)cc21. The first kappa shape index (κ1) is 24.1. The largest absolute Gasteiger partial charge is 0.408 e. The first-order valence-electron chi connectivity index (χ1n) is 10.7. The molecule has 1 aliphatic rings. The molecular weight excluding hydrogens is 473 g/mol. The van der Waals surface area contributed by atoms with Crippen molar-refractivity contribution in [3.63, 3.8) is 0 Å². The highest BCUT2D eigenvalue weighted by Crippen LogP contribution is 2.41. The van der Waals surface area contributed by atoms with Crippen molar-refractivity contribution in [2.75, 3.05) is 0 Å². The van der Waals surface area contributed by atoms with E-state index in [-0.39, 0.29) is 11.0 Å². The second kappa shape index (κ2) is 8.32. The summed E-state index contributed by atoms with van der Waals surface area (Å²) in [5, 5.41) is 0.143. The standard InChI is InChI=1S/C24H26ClF3N2O2S/c1-23(2,3)14-30-13-19(22(24(26,27)28)29-33(31,32)16-9-10-16)18-11-8-15(12-21(18)30)17-6-4-5-7-20(17)25/h4-8,11-13,16,22,29H,9-10,14H2,1-3H3. The Kier molecular flexibility index (Phi) is 6.08. The Hall–Kier alpha value is -2.03. The molecule has 4 nitrogen and oxygen atoms in total. The van der Waals surface area contributed by atoms with E-state index in [0.29, 0.717) is 35.3 Å². The molecule has 9 heteroatoms. The average molecular weight is 499 g/mol. The van der Waals surface area contributed by atoms with Crippen LogP contribution in [0.1, 0.15) is 45.2 Å². The molecule has 1 unspecified atom stereocenters. The molecule has 1 saturated carbocycles. The van der Waals surface area contributed by atoms with Crippen LogP contribution in [0.15, 0.2) is 48.7 Å². The van der Waals surface area contributed by atoms with E-state index in [9.17, 15) is 21.6 Å². The van der Waals surface area contributed by atoms with Crippen LogP contribution in [-0.2, 0) is 16.6 Å². The summed E-state index contributed by atoms with van der Waals surface area (Å²) in [5.74, 6) is 0. The van der Waals surface area contributed by atoms with Crippen LogP contribution in [0.4, 0.5) is 13.2 Å². The third kappa shape index (κ3) is 5.23. The van der Waals surface area contributed by atoms with E-state index in [1.54, 1.807) is 22.8 Å². The number of hydrogen-bond donors (Lipinski definition) is 1. The van der Waals surface area contributed by atoms with Crippen LogP contribution in [0, 0.1) is 5.41 Å². The minimum Gasteiger partial charge on any atom is -0.347 e. The number of rotatable bonds is 6. The molecule has 4 rings (SSSR count). The molecular formula is C24H26ClF3N2O2S. The summed E-state index contributed by atoms with van der Waals surface area (Å²) in [6, 6.07) is 10.1. The number of nitrogens with one attached hydrogen (secondary N) is 1. The highest BCUT2D eigenvalue weighted by atomic mass is 35.5. The summed E-state index contributed by atoms with van der Waals surface area (Å²) in [5.41, 5.74) is 1.82. The number of aromatic nitrogens is 1. The van der Waals surface area contributed by atoms with Crippen LogP contribution in [0.25, 0.3) is 22.0 Å². The maximum Gasteiger partial charge on any atom is 0.408 e. The van der Waals surface area contributed by atoms with Gasteiger partial charge in [0.1, 0.15) is 6.04 Å². The van der Waals surface area contributed by atoms with Crippen molar-refractivity contribution < 1.29 is 21.6 Å². The normalized spacial score (nSPS) is 16.3. The molecule has 0 radical (unpaired) electrons. The predicted molar refractivity (Wildman–Crippen MR) is 126 cm³/mol. The summed E-state index contributed by atoms with van der Waals surface area (Å²) in [6.45, 7) is 6.43. The van der Waals surface area contributed by atoms with Crippen LogP contribution in [0.3, 0.4) is 0 Å². The predicted octanol–water partition coefficient (Wildman–Crippen LogP) is 6.69. The van der Waals surface area contributed by atoms with Gasteiger partial charge in [-0.15, -0.1) is 0 Å². The highest BCUT2D eigenvalue weighted by Gasteiger charge is 2.47. The van der Waals surface area contributed by atoms with Gasteiger partial charge in [0.15, 0.2) is 0 Å². The van der Waals surface area contributed by atoms with Crippen molar-refractivity contribution in [1.29, 1.82) is 0 Å². The Labute approximate surface area is 196 Å². The molecule has 1 atom stereocenters. The smallest absolute Gasteiger partial charge is 0.347 e. The first-order chi connectivity index (χ1) is 15.3. The second-order valence-electron chi connectivity index (χ2n) is 9.82. The van der Waals surface area contributed by atoms with E-state index in [4.69, 9.17) is 11.6 Å². The molecule has 178 valence electrons. The number of fused-ring (bicyclic) bond motifs is 1. The fourth-order valence-electron chi connectivity index (χ4n) is 4.00. The van der Waals surface area contributed by atoms with Crippen LogP contribution < -0.4 is 4.72 Å². The zero-order chi connectivity index (χ0) is 24.2. The summed E-state index contributed by atoms with van der Waals surface area (Å²) in [6.07, 6.45) is -2.59. The van der Waals surface area contributed by atoms with Gasteiger partial charge < -0.3 is 4.57 Å².